The number of aliphatic hydroxyl groups is 1. The van der Waals surface area contributed by atoms with Crippen molar-refractivity contribution in [3.8, 4) is 0 Å². The van der Waals surface area contributed by atoms with E-state index in [1.165, 1.54) is 69.8 Å². The molecule has 0 aliphatic heterocycles. The summed E-state index contributed by atoms with van der Waals surface area (Å²) >= 11 is 0. The number of ether oxygens (including phenoxy) is 1. The van der Waals surface area contributed by atoms with Crippen molar-refractivity contribution >= 4 is 0 Å². The predicted octanol–water partition coefficient (Wildman–Crippen LogP) is 9.19. The van der Waals surface area contributed by atoms with E-state index < -0.39 is 0 Å². The molecule has 0 aromatic heterocycles. The zero-order valence-electron chi connectivity index (χ0n) is 23.2. The van der Waals surface area contributed by atoms with E-state index in [0.29, 0.717) is 11.8 Å². The van der Waals surface area contributed by atoms with Gasteiger partial charge >= 0.3 is 0 Å². The van der Waals surface area contributed by atoms with Crippen LogP contribution in [0.4, 0.5) is 0 Å². The average Bonchev–Trinajstić information content (AvgIpc) is 2.78. The summed E-state index contributed by atoms with van der Waals surface area (Å²) in [4.78, 5) is 0. The molecule has 0 heterocycles. The maximum Gasteiger partial charge on any atom is 0.0815 e. The van der Waals surface area contributed by atoms with Crippen LogP contribution in [0.15, 0.2) is 34.9 Å². The summed E-state index contributed by atoms with van der Waals surface area (Å²) in [7, 11) is 0. The van der Waals surface area contributed by atoms with E-state index in [1.54, 1.807) is 11.1 Å². The summed E-state index contributed by atoms with van der Waals surface area (Å²) in [6.45, 7) is 16.7. The Morgan fingerprint density at radius 2 is 1.61 bits per heavy atom. The number of aliphatic hydroxyl groups excluding tert-OH is 1. The highest BCUT2D eigenvalue weighted by atomic mass is 16.5. The van der Waals surface area contributed by atoms with Crippen LogP contribution in [0, 0.1) is 17.8 Å². The minimum atomic E-state index is -0.325. The molecule has 1 aliphatic rings. The van der Waals surface area contributed by atoms with Gasteiger partial charge in [-0.2, -0.15) is 0 Å². The summed E-state index contributed by atoms with van der Waals surface area (Å²) < 4.78 is 6.30. The summed E-state index contributed by atoms with van der Waals surface area (Å²) in [6.07, 6.45) is 21.4. The number of allylic oxidation sites excluding steroid dienone is 4. The molecule has 0 saturated carbocycles. The standard InChI is InChI=1S/C31H56O2/c1-8-10-12-15-24(3)16-13-17-25(4)18-14-19-26(5)20-21-29-23-30(32)27(6)28(7)31(29)33-22-11-9-2/h15,17,23,26-28,30-32H,8-14,16,18-22H2,1-7H3. The molecule has 0 aromatic rings. The van der Waals surface area contributed by atoms with Crippen LogP contribution in [-0.2, 0) is 4.74 Å². The summed E-state index contributed by atoms with van der Waals surface area (Å²) in [5, 5.41) is 10.5. The Balaban J connectivity index is 2.38. The Kier molecular flexibility index (Phi) is 16.1. The smallest absolute Gasteiger partial charge is 0.0815 e. The molecule has 1 N–H and O–H groups in total. The molecular formula is C31H56O2. The SMILES string of the molecule is CCCCC=C(C)CCC=C(C)CCCC(C)CCC1=CC(O)C(C)C(C)C1OCCCC. The number of rotatable bonds is 17. The Labute approximate surface area is 207 Å². The molecule has 0 saturated heterocycles. The fraction of sp³-hybridized carbons (Fsp3) is 0.806. The molecular weight excluding hydrogens is 404 g/mol. The first-order valence-electron chi connectivity index (χ1n) is 14.1. The van der Waals surface area contributed by atoms with Gasteiger partial charge in [-0.25, -0.2) is 0 Å². The molecule has 0 radical (unpaired) electrons. The van der Waals surface area contributed by atoms with Gasteiger partial charge in [0.05, 0.1) is 12.2 Å². The van der Waals surface area contributed by atoms with E-state index in [2.05, 4.69) is 66.7 Å². The zero-order valence-corrected chi connectivity index (χ0v) is 23.2. The second kappa shape index (κ2) is 17.6. The molecule has 192 valence electrons. The Bertz CT molecular complexity index is 600. The van der Waals surface area contributed by atoms with Crippen molar-refractivity contribution in [1.29, 1.82) is 0 Å². The van der Waals surface area contributed by atoms with Gasteiger partial charge in [-0.1, -0.05) is 89.7 Å². The largest absolute Gasteiger partial charge is 0.389 e. The van der Waals surface area contributed by atoms with E-state index in [-0.39, 0.29) is 18.1 Å². The van der Waals surface area contributed by atoms with Crippen molar-refractivity contribution in [2.75, 3.05) is 6.61 Å². The first-order chi connectivity index (χ1) is 15.8. The number of unbranched alkanes of at least 4 members (excludes halogenated alkanes) is 3. The van der Waals surface area contributed by atoms with Crippen LogP contribution in [0.25, 0.3) is 0 Å². The lowest BCUT2D eigenvalue weighted by atomic mass is 9.76. The van der Waals surface area contributed by atoms with Crippen LogP contribution < -0.4 is 0 Å². The maximum atomic E-state index is 10.5. The van der Waals surface area contributed by atoms with Gasteiger partial charge in [-0.15, -0.1) is 0 Å². The minimum absolute atomic E-state index is 0.187. The molecule has 0 spiro atoms. The first kappa shape index (κ1) is 30.2. The fourth-order valence-electron chi connectivity index (χ4n) is 4.82. The predicted molar refractivity (Wildman–Crippen MR) is 146 cm³/mol. The van der Waals surface area contributed by atoms with E-state index in [1.807, 2.05) is 0 Å². The van der Waals surface area contributed by atoms with Crippen LogP contribution in [0.5, 0.6) is 0 Å². The zero-order chi connectivity index (χ0) is 24.6. The van der Waals surface area contributed by atoms with Gasteiger partial charge < -0.3 is 9.84 Å². The van der Waals surface area contributed by atoms with E-state index in [9.17, 15) is 5.11 Å². The monoisotopic (exact) mass is 460 g/mol. The van der Waals surface area contributed by atoms with Gasteiger partial charge in [0.15, 0.2) is 0 Å². The molecule has 0 fully saturated rings. The van der Waals surface area contributed by atoms with Gasteiger partial charge in [0.1, 0.15) is 0 Å². The van der Waals surface area contributed by atoms with Gasteiger partial charge in [-0.3, -0.25) is 0 Å². The fourth-order valence-corrected chi connectivity index (χ4v) is 4.82. The molecule has 2 nitrogen and oxygen atoms in total. The molecule has 0 amide bonds. The van der Waals surface area contributed by atoms with E-state index in [4.69, 9.17) is 4.74 Å². The second-order valence-corrected chi connectivity index (χ2v) is 10.9. The summed E-state index contributed by atoms with van der Waals surface area (Å²) in [5.41, 5.74) is 4.44. The lowest BCUT2D eigenvalue weighted by molar-refractivity contribution is -0.0123. The van der Waals surface area contributed by atoms with Crippen molar-refractivity contribution < 1.29 is 9.84 Å². The normalized spacial score (nSPS) is 25.3. The topological polar surface area (TPSA) is 29.5 Å². The Hall–Kier alpha value is -0.860. The number of hydrogen-bond donors (Lipinski definition) is 1. The highest BCUT2D eigenvalue weighted by molar-refractivity contribution is 5.18. The molecule has 33 heavy (non-hydrogen) atoms. The van der Waals surface area contributed by atoms with Crippen LogP contribution in [0.2, 0.25) is 0 Å². The first-order valence-corrected chi connectivity index (χ1v) is 14.1. The van der Waals surface area contributed by atoms with Crippen LogP contribution in [0.3, 0.4) is 0 Å². The van der Waals surface area contributed by atoms with Crippen LogP contribution >= 0.6 is 0 Å². The van der Waals surface area contributed by atoms with Gasteiger partial charge in [0.2, 0.25) is 0 Å². The lowest BCUT2D eigenvalue weighted by Gasteiger charge is -2.37. The third-order valence-corrected chi connectivity index (χ3v) is 7.67. The highest BCUT2D eigenvalue weighted by Gasteiger charge is 2.34. The van der Waals surface area contributed by atoms with Crippen molar-refractivity contribution in [2.45, 2.75) is 138 Å². The lowest BCUT2D eigenvalue weighted by Crippen LogP contribution is -2.39. The quantitative estimate of drug-likeness (QED) is 0.173. The molecule has 5 unspecified atom stereocenters. The second-order valence-electron chi connectivity index (χ2n) is 10.9. The highest BCUT2D eigenvalue weighted by Crippen LogP contribution is 2.35. The Morgan fingerprint density at radius 1 is 0.939 bits per heavy atom. The van der Waals surface area contributed by atoms with Crippen molar-refractivity contribution in [1.82, 2.24) is 0 Å². The maximum absolute atomic E-state index is 10.5. The van der Waals surface area contributed by atoms with Crippen molar-refractivity contribution in [3.05, 3.63) is 34.9 Å². The summed E-state index contributed by atoms with van der Waals surface area (Å²) in [5.74, 6) is 1.36. The third-order valence-electron chi connectivity index (χ3n) is 7.67. The molecule has 1 aliphatic carbocycles. The summed E-state index contributed by atoms with van der Waals surface area (Å²) in [6, 6.07) is 0. The molecule has 0 aromatic carbocycles. The van der Waals surface area contributed by atoms with E-state index in [0.717, 1.165) is 19.4 Å². The van der Waals surface area contributed by atoms with Gasteiger partial charge in [-0.05, 0) is 88.5 Å². The molecule has 5 atom stereocenters. The molecule has 2 heteroatoms. The van der Waals surface area contributed by atoms with Crippen LogP contribution in [0.1, 0.15) is 126 Å². The average molecular weight is 461 g/mol. The minimum Gasteiger partial charge on any atom is -0.389 e. The molecule has 0 bridgehead atoms. The van der Waals surface area contributed by atoms with E-state index >= 15 is 0 Å². The molecule has 1 rings (SSSR count). The number of hydrogen-bond acceptors (Lipinski definition) is 2. The third kappa shape index (κ3) is 12.4. The Morgan fingerprint density at radius 3 is 2.30 bits per heavy atom. The van der Waals surface area contributed by atoms with Crippen LogP contribution in [-0.4, -0.2) is 23.9 Å². The van der Waals surface area contributed by atoms with Gasteiger partial charge in [0, 0.05) is 6.61 Å². The van der Waals surface area contributed by atoms with Crippen molar-refractivity contribution in [2.24, 2.45) is 17.8 Å². The van der Waals surface area contributed by atoms with Gasteiger partial charge in [0.25, 0.3) is 0 Å². The van der Waals surface area contributed by atoms with Crippen molar-refractivity contribution in [3.63, 3.8) is 0 Å².